The summed E-state index contributed by atoms with van der Waals surface area (Å²) in [5.41, 5.74) is 0.928. The first-order valence-corrected chi connectivity index (χ1v) is 6.85. The molecular formula is C13H9Cl2FN4O. The van der Waals surface area contributed by atoms with Gasteiger partial charge in [-0.05, 0) is 12.1 Å². The molecule has 3 aromatic rings. The van der Waals surface area contributed by atoms with Gasteiger partial charge in [-0.25, -0.2) is 14.4 Å². The van der Waals surface area contributed by atoms with E-state index in [4.69, 9.17) is 27.9 Å². The fraction of sp³-hybridized carbons (Fsp3) is 0.154. The van der Waals surface area contributed by atoms with Crippen LogP contribution in [-0.2, 0) is 5.88 Å². The number of benzene rings is 1. The zero-order valence-corrected chi connectivity index (χ0v) is 12.4. The van der Waals surface area contributed by atoms with Crippen molar-refractivity contribution >= 4 is 34.4 Å². The third-order valence-electron chi connectivity index (χ3n) is 2.95. The van der Waals surface area contributed by atoms with Gasteiger partial charge in [-0.2, -0.15) is 4.98 Å². The number of nitrogens with zero attached hydrogens (tertiary/aromatic N) is 4. The molecule has 108 valence electrons. The van der Waals surface area contributed by atoms with E-state index in [1.165, 1.54) is 30.1 Å². The molecule has 0 bridgehead atoms. The van der Waals surface area contributed by atoms with Crippen LogP contribution in [0.5, 0.6) is 5.88 Å². The second-order valence-corrected chi connectivity index (χ2v) is 4.80. The number of alkyl halides is 1. The number of hydrogen-bond acceptors (Lipinski definition) is 4. The number of ether oxygens (including phenoxy) is 1. The van der Waals surface area contributed by atoms with Crippen molar-refractivity contribution in [2.45, 2.75) is 5.88 Å². The molecule has 0 unspecified atom stereocenters. The molecule has 0 saturated carbocycles. The van der Waals surface area contributed by atoms with Gasteiger partial charge in [0.15, 0.2) is 11.2 Å². The first-order chi connectivity index (χ1) is 10.2. The van der Waals surface area contributed by atoms with E-state index in [0.717, 1.165) is 0 Å². The molecule has 0 radical (unpaired) electrons. The highest BCUT2D eigenvalue weighted by Gasteiger charge is 2.21. The highest BCUT2D eigenvalue weighted by Crippen LogP contribution is 2.30. The lowest BCUT2D eigenvalue weighted by atomic mass is 10.3. The van der Waals surface area contributed by atoms with Crippen molar-refractivity contribution < 1.29 is 9.13 Å². The molecule has 1 aromatic carbocycles. The standard InChI is InChI=1S/C13H9Cl2FN4O/c1-21-13-10-12(17-6-18-13)20(9(5-14)19-10)11-7(15)3-2-4-8(11)16/h2-4,6H,5H2,1H3. The van der Waals surface area contributed by atoms with Gasteiger partial charge in [0, 0.05) is 0 Å². The van der Waals surface area contributed by atoms with Gasteiger partial charge in [-0.15, -0.1) is 11.6 Å². The first-order valence-electron chi connectivity index (χ1n) is 5.94. The summed E-state index contributed by atoms with van der Waals surface area (Å²) in [6.07, 6.45) is 1.31. The Balaban J connectivity index is 2.42. The lowest BCUT2D eigenvalue weighted by Crippen LogP contribution is -2.04. The van der Waals surface area contributed by atoms with Crippen LogP contribution in [0.4, 0.5) is 4.39 Å². The lowest BCUT2D eigenvalue weighted by molar-refractivity contribution is 0.401. The topological polar surface area (TPSA) is 52.8 Å². The summed E-state index contributed by atoms with van der Waals surface area (Å²) in [7, 11) is 1.47. The predicted octanol–water partition coefficient (Wildman–Crippen LogP) is 3.36. The summed E-state index contributed by atoms with van der Waals surface area (Å²) in [5, 5.41) is 0.234. The average Bonchev–Trinajstić information content (AvgIpc) is 2.86. The Labute approximate surface area is 129 Å². The fourth-order valence-corrected chi connectivity index (χ4v) is 2.52. The zero-order valence-electron chi connectivity index (χ0n) is 10.8. The zero-order chi connectivity index (χ0) is 15.0. The molecule has 0 N–H and O–H groups in total. The van der Waals surface area contributed by atoms with Crippen molar-refractivity contribution in [1.29, 1.82) is 0 Å². The molecule has 0 aliphatic heterocycles. The van der Waals surface area contributed by atoms with Crippen molar-refractivity contribution in [3.63, 3.8) is 0 Å². The van der Waals surface area contributed by atoms with Gasteiger partial charge in [-0.3, -0.25) is 4.57 Å². The number of aromatic nitrogens is 4. The molecule has 3 rings (SSSR count). The van der Waals surface area contributed by atoms with Gasteiger partial charge < -0.3 is 4.74 Å². The average molecular weight is 327 g/mol. The molecule has 21 heavy (non-hydrogen) atoms. The molecule has 0 spiro atoms. The van der Waals surface area contributed by atoms with Gasteiger partial charge in [0.2, 0.25) is 5.88 Å². The molecule has 2 aromatic heterocycles. The minimum Gasteiger partial charge on any atom is -0.479 e. The molecule has 5 nitrogen and oxygen atoms in total. The minimum atomic E-state index is -0.495. The highest BCUT2D eigenvalue weighted by molar-refractivity contribution is 6.32. The molecule has 8 heteroatoms. The number of para-hydroxylation sites is 1. The molecule has 0 fully saturated rings. The van der Waals surface area contributed by atoms with E-state index >= 15 is 0 Å². The van der Waals surface area contributed by atoms with Crippen LogP contribution in [0.3, 0.4) is 0 Å². The number of halogens is 3. The minimum absolute atomic E-state index is 0.0597. The Hall–Kier alpha value is -1.92. The van der Waals surface area contributed by atoms with Crippen LogP contribution < -0.4 is 4.74 Å². The van der Waals surface area contributed by atoms with Crippen LogP contribution in [0, 0.1) is 5.82 Å². The Kier molecular flexibility index (Phi) is 3.65. The number of rotatable bonds is 3. The van der Waals surface area contributed by atoms with Crippen molar-refractivity contribution in [2.75, 3.05) is 7.11 Å². The second-order valence-electron chi connectivity index (χ2n) is 4.12. The van der Waals surface area contributed by atoms with Crippen LogP contribution >= 0.6 is 23.2 Å². The van der Waals surface area contributed by atoms with Crippen LogP contribution in [0.2, 0.25) is 5.02 Å². The third-order valence-corrected chi connectivity index (χ3v) is 3.50. The Morgan fingerprint density at radius 1 is 1.33 bits per heavy atom. The van der Waals surface area contributed by atoms with Crippen molar-refractivity contribution in [3.05, 3.63) is 41.2 Å². The molecular weight excluding hydrogens is 318 g/mol. The Morgan fingerprint density at radius 2 is 2.14 bits per heavy atom. The van der Waals surface area contributed by atoms with Crippen LogP contribution in [0.15, 0.2) is 24.5 Å². The quantitative estimate of drug-likeness (QED) is 0.692. The number of hydrogen-bond donors (Lipinski definition) is 0. The van der Waals surface area contributed by atoms with Gasteiger partial charge >= 0.3 is 0 Å². The van der Waals surface area contributed by atoms with E-state index < -0.39 is 5.82 Å². The summed E-state index contributed by atoms with van der Waals surface area (Å²) < 4.78 is 20.8. The third kappa shape index (κ3) is 2.20. The predicted molar refractivity (Wildman–Crippen MR) is 77.7 cm³/mol. The first kappa shape index (κ1) is 14.0. The smallest absolute Gasteiger partial charge is 0.245 e. The monoisotopic (exact) mass is 326 g/mol. The van der Waals surface area contributed by atoms with Crippen LogP contribution in [-0.4, -0.2) is 26.6 Å². The molecule has 0 aliphatic rings. The normalized spacial score (nSPS) is 11.0. The van der Waals surface area contributed by atoms with E-state index in [1.54, 1.807) is 6.07 Å². The summed E-state index contributed by atoms with van der Waals surface area (Å²) in [6, 6.07) is 4.42. The van der Waals surface area contributed by atoms with Crippen LogP contribution in [0.1, 0.15) is 5.82 Å². The number of imidazole rings is 1. The molecule has 0 amide bonds. The van der Waals surface area contributed by atoms with E-state index in [9.17, 15) is 4.39 Å². The van der Waals surface area contributed by atoms with Crippen molar-refractivity contribution in [1.82, 2.24) is 19.5 Å². The summed E-state index contributed by atoms with van der Waals surface area (Å²) in [4.78, 5) is 12.4. The van der Waals surface area contributed by atoms with E-state index in [0.29, 0.717) is 17.0 Å². The summed E-state index contributed by atoms with van der Waals surface area (Å²) in [5.74, 6) is 0.255. The largest absolute Gasteiger partial charge is 0.479 e. The molecule has 0 aliphatic carbocycles. The van der Waals surface area contributed by atoms with Gasteiger partial charge in [0.25, 0.3) is 0 Å². The Morgan fingerprint density at radius 3 is 2.81 bits per heavy atom. The maximum Gasteiger partial charge on any atom is 0.245 e. The molecule has 0 atom stereocenters. The maximum atomic E-state index is 14.2. The number of methoxy groups -OCH3 is 1. The SMILES string of the molecule is COc1ncnc2c1nc(CCl)n2-c1c(F)cccc1Cl. The summed E-state index contributed by atoms with van der Waals surface area (Å²) >= 11 is 12.0. The number of fused-ring (bicyclic) bond motifs is 1. The van der Waals surface area contributed by atoms with Gasteiger partial charge in [0.05, 0.1) is 18.0 Å². The van der Waals surface area contributed by atoms with E-state index in [2.05, 4.69) is 15.0 Å². The second kappa shape index (κ2) is 5.46. The summed E-state index contributed by atoms with van der Waals surface area (Å²) in [6.45, 7) is 0. The van der Waals surface area contributed by atoms with Gasteiger partial charge in [-0.1, -0.05) is 17.7 Å². The van der Waals surface area contributed by atoms with Gasteiger partial charge in [0.1, 0.15) is 23.7 Å². The van der Waals surface area contributed by atoms with Crippen molar-refractivity contribution in [2.24, 2.45) is 0 Å². The van der Waals surface area contributed by atoms with E-state index in [1.807, 2.05) is 0 Å². The Bertz CT molecular complexity index is 801. The van der Waals surface area contributed by atoms with Crippen LogP contribution in [0.25, 0.3) is 16.9 Å². The fourth-order valence-electron chi connectivity index (χ4n) is 2.09. The molecule has 2 heterocycles. The highest BCUT2D eigenvalue weighted by atomic mass is 35.5. The molecule has 0 saturated heterocycles. The van der Waals surface area contributed by atoms with Crippen molar-refractivity contribution in [3.8, 4) is 11.6 Å². The van der Waals surface area contributed by atoms with E-state index in [-0.39, 0.29) is 22.5 Å². The lowest BCUT2D eigenvalue weighted by Gasteiger charge is -2.10. The maximum absolute atomic E-state index is 14.2.